The summed E-state index contributed by atoms with van der Waals surface area (Å²) < 4.78 is 0. The maximum Gasteiger partial charge on any atom is 1.00 e. The average Bonchev–Trinajstić information content (AvgIpc) is 3.05. The Morgan fingerprint density at radius 1 is 1.00 bits per heavy atom. The molecule has 1 amide bonds. The Morgan fingerprint density at radius 3 is 2.22 bits per heavy atom. The Morgan fingerprint density at radius 2 is 1.62 bits per heavy atom. The third kappa shape index (κ3) is 9.54. The van der Waals surface area contributed by atoms with Gasteiger partial charge < -0.3 is 5.11 Å². The summed E-state index contributed by atoms with van der Waals surface area (Å²) in [4.78, 5) is 35.8. The fraction of sp³-hybridized carbons (Fsp3) is 0.583. The Labute approximate surface area is 218 Å². The van der Waals surface area contributed by atoms with E-state index in [2.05, 4.69) is 6.92 Å². The summed E-state index contributed by atoms with van der Waals surface area (Å²) in [5.74, 6) is -1.13. The van der Waals surface area contributed by atoms with E-state index in [1.54, 1.807) is 18.2 Å². The van der Waals surface area contributed by atoms with Gasteiger partial charge in [0.1, 0.15) is 6.61 Å². The molecule has 0 N–H and O–H groups in total. The number of Topliss-reactive ketones (excluding diaryl/α,β-unsaturated/α-hetero) is 1. The molecular weight excluding hydrogens is 441 g/mol. The van der Waals surface area contributed by atoms with Gasteiger partial charge in [-0.25, -0.2) is 9.78 Å². The quantitative estimate of drug-likeness (QED) is 0.0739. The molecule has 1 aromatic carbocycles. The predicted molar refractivity (Wildman–Crippen MR) is 119 cm³/mol. The van der Waals surface area contributed by atoms with Gasteiger partial charge in [0.2, 0.25) is 0 Å². The van der Waals surface area contributed by atoms with Gasteiger partial charge in [-0.2, -0.15) is 0 Å². The molecule has 2 rings (SSSR count). The van der Waals surface area contributed by atoms with Crippen molar-refractivity contribution in [1.82, 2.24) is 0 Å². The molecule has 1 fully saturated rings. The van der Waals surface area contributed by atoms with E-state index in [1.165, 1.54) is 56.3 Å². The second-order valence-corrected chi connectivity index (χ2v) is 8.31. The zero-order valence-electron chi connectivity index (χ0n) is 19.4. The molecule has 6 nitrogen and oxygen atoms in total. The van der Waals surface area contributed by atoms with Gasteiger partial charge in [0, 0.05) is 0 Å². The van der Waals surface area contributed by atoms with Gasteiger partial charge in [0.25, 0.3) is 5.91 Å². The second kappa shape index (κ2) is 16.7. The number of hydrogen-bond donors (Lipinski definition) is 0. The largest absolute Gasteiger partial charge is 1.00 e. The molecule has 0 saturated carbocycles. The van der Waals surface area contributed by atoms with Crippen LogP contribution in [0.25, 0.3) is 0 Å². The molecule has 172 valence electrons. The van der Waals surface area contributed by atoms with E-state index in [0.29, 0.717) is 23.6 Å². The van der Waals surface area contributed by atoms with Gasteiger partial charge in [0.05, 0.1) is 29.4 Å². The number of unbranched alkanes of at least 4 members (excludes halogenated alkanes) is 9. The van der Waals surface area contributed by atoms with Crippen molar-refractivity contribution in [2.45, 2.75) is 77.7 Å². The first-order valence-corrected chi connectivity index (χ1v) is 11.7. The number of rotatable bonds is 15. The number of ketones is 1. The third-order valence-corrected chi connectivity index (χ3v) is 5.71. The van der Waals surface area contributed by atoms with Crippen LogP contribution >= 0.6 is 11.6 Å². The van der Waals surface area contributed by atoms with E-state index >= 15 is 0 Å². The van der Waals surface area contributed by atoms with Crippen molar-refractivity contribution in [3.63, 3.8) is 0 Å². The smallest absolute Gasteiger partial charge is 0.877 e. The van der Waals surface area contributed by atoms with Crippen LogP contribution in [0.4, 0.5) is 5.69 Å². The van der Waals surface area contributed by atoms with Crippen LogP contribution in [0.1, 0.15) is 76.7 Å². The van der Waals surface area contributed by atoms with E-state index in [0.717, 1.165) is 18.4 Å². The number of carbonyl (C=O) groups excluding carboxylic acids is 2. The minimum atomic E-state index is -0.628. The third-order valence-electron chi connectivity index (χ3n) is 5.39. The molecule has 8 heteroatoms. The summed E-state index contributed by atoms with van der Waals surface area (Å²) in [5, 5.41) is 11.3. The van der Waals surface area contributed by atoms with Gasteiger partial charge in [-0.15, -0.1) is 6.26 Å². The molecule has 0 aromatic heterocycles. The average molecular weight is 474 g/mol. The Balaban J connectivity index is 0.00000512. The summed E-state index contributed by atoms with van der Waals surface area (Å²) in [6.45, 7) is 2.78. The zero-order valence-corrected chi connectivity index (χ0v) is 22.1. The molecule has 0 radical (unpaired) electrons. The topological polar surface area (TPSA) is 78.9 Å². The first-order valence-electron chi connectivity index (χ1n) is 11.3. The van der Waals surface area contributed by atoms with Crippen LogP contribution in [0, 0.1) is 0 Å². The van der Waals surface area contributed by atoms with Crippen molar-refractivity contribution in [2.75, 3.05) is 18.1 Å². The van der Waals surface area contributed by atoms with Gasteiger partial charge in [-0.1, -0.05) is 82.4 Å². The van der Waals surface area contributed by atoms with Crippen LogP contribution < -0.4 is 39.6 Å². The molecular formula is C24H33ClNNaO5. The minimum Gasteiger partial charge on any atom is -0.877 e. The Kier molecular flexibility index (Phi) is 15.2. The molecule has 1 aliphatic rings. The molecule has 0 bridgehead atoms. The molecule has 0 atom stereocenters. The van der Waals surface area contributed by atoms with E-state index < -0.39 is 11.7 Å². The first kappa shape index (κ1) is 29.1. The van der Waals surface area contributed by atoms with E-state index in [9.17, 15) is 14.7 Å². The first-order chi connectivity index (χ1) is 15.1. The van der Waals surface area contributed by atoms with Gasteiger partial charge >= 0.3 is 29.6 Å². The van der Waals surface area contributed by atoms with Crippen molar-refractivity contribution in [1.29, 1.82) is 0 Å². The van der Waals surface area contributed by atoms with Gasteiger partial charge in [-0.3, -0.25) is 14.5 Å². The minimum absolute atomic E-state index is 0. The second-order valence-electron chi connectivity index (χ2n) is 7.90. The monoisotopic (exact) mass is 473 g/mol. The summed E-state index contributed by atoms with van der Waals surface area (Å²) in [6, 6.07) is 5.07. The molecule has 0 spiro atoms. The fourth-order valence-corrected chi connectivity index (χ4v) is 3.77. The fourth-order valence-electron chi connectivity index (χ4n) is 3.55. The molecule has 1 saturated heterocycles. The number of amides is 1. The van der Waals surface area contributed by atoms with Gasteiger partial charge in [0.15, 0.2) is 5.78 Å². The van der Waals surface area contributed by atoms with Gasteiger partial charge in [-0.05, 0) is 24.1 Å². The summed E-state index contributed by atoms with van der Waals surface area (Å²) in [5.41, 5.74) is 0.785. The summed E-state index contributed by atoms with van der Waals surface area (Å²) in [7, 11) is 0. The van der Waals surface area contributed by atoms with Crippen LogP contribution in [-0.4, -0.2) is 24.8 Å². The van der Waals surface area contributed by atoms with E-state index in [1.807, 2.05) is 0 Å². The van der Waals surface area contributed by atoms with Crippen LogP contribution in [0.5, 0.6) is 0 Å². The standard InChI is InChI=1S/C24H34ClNO5.Na/c1-2-3-4-5-6-7-8-9-10-11-14-30-31-18-19-12-13-21(25)22(15-19)26-16-23(28)20(17-27)24(26)29;/h12-13,15,17,27H,2-11,14,16,18H2,1H3;/q;+1/p-1/b20-17-;. The molecule has 32 heavy (non-hydrogen) atoms. The van der Waals surface area contributed by atoms with Crippen molar-refractivity contribution < 1.29 is 54.0 Å². The van der Waals surface area contributed by atoms with Crippen molar-refractivity contribution >= 4 is 29.0 Å². The molecule has 1 aliphatic heterocycles. The normalized spacial score (nSPS) is 14.9. The van der Waals surface area contributed by atoms with Crippen LogP contribution in [-0.2, 0) is 26.0 Å². The van der Waals surface area contributed by atoms with Crippen molar-refractivity contribution in [3.8, 4) is 0 Å². The van der Waals surface area contributed by atoms with Crippen molar-refractivity contribution in [2.24, 2.45) is 0 Å². The van der Waals surface area contributed by atoms with Crippen LogP contribution in [0.3, 0.4) is 0 Å². The zero-order chi connectivity index (χ0) is 22.5. The maximum absolute atomic E-state index is 12.2. The summed E-state index contributed by atoms with van der Waals surface area (Å²) >= 11 is 6.19. The maximum atomic E-state index is 12.2. The number of hydrogen-bond acceptors (Lipinski definition) is 5. The van der Waals surface area contributed by atoms with Crippen LogP contribution in [0.15, 0.2) is 30.0 Å². The van der Waals surface area contributed by atoms with Crippen LogP contribution in [0.2, 0.25) is 5.02 Å². The SMILES string of the molecule is CCCCCCCCCCCCOOCc1ccc(Cl)c(N2CC(=O)/C(=C/[O-])C2=O)c1.[Na+]. The Bertz CT molecular complexity index is 756. The Hall–Kier alpha value is -0.890. The summed E-state index contributed by atoms with van der Waals surface area (Å²) in [6.07, 6.45) is 12.9. The number of halogens is 1. The number of nitrogens with zero attached hydrogens (tertiary/aromatic N) is 1. The number of benzene rings is 1. The molecule has 1 aromatic rings. The predicted octanol–water partition coefficient (Wildman–Crippen LogP) is 1.87. The van der Waals surface area contributed by atoms with Crippen molar-refractivity contribution in [3.05, 3.63) is 40.6 Å². The number of anilines is 1. The molecule has 0 unspecified atom stereocenters. The number of carbonyl (C=O) groups is 2. The molecule has 1 heterocycles. The van der Waals surface area contributed by atoms with E-state index in [-0.39, 0.29) is 48.3 Å². The molecule has 0 aliphatic carbocycles. The van der Waals surface area contributed by atoms with E-state index in [4.69, 9.17) is 21.4 Å².